The van der Waals surface area contributed by atoms with Gasteiger partial charge in [-0.05, 0) is 38.8 Å². The Hall–Kier alpha value is -1.62. The van der Waals surface area contributed by atoms with Crippen LogP contribution in [0.25, 0.3) is 0 Å². The average Bonchev–Trinajstić information content (AvgIpc) is 3.18. The van der Waals surface area contributed by atoms with Crippen LogP contribution in [0.3, 0.4) is 0 Å². The molecular formula is C15H21FN2O2. The summed E-state index contributed by atoms with van der Waals surface area (Å²) >= 11 is 0. The number of nitrogens with one attached hydrogen (secondary N) is 2. The van der Waals surface area contributed by atoms with E-state index in [2.05, 4.69) is 10.6 Å². The van der Waals surface area contributed by atoms with E-state index in [1.165, 1.54) is 6.07 Å². The van der Waals surface area contributed by atoms with Gasteiger partial charge in [0.05, 0.1) is 0 Å². The van der Waals surface area contributed by atoms with Gasteiger partial charge in [0.1, 0.15) is 11.6 Å². The van der Waals surface area contributed by atoms with Crippen LogP contribution in [-0.2, 0) is 4.79 Å². The number of hydrogen-bond acceptors (Lipinski definition) is 3. The Morgan fingerprint density at radius 2 is 2.25 bits per heavy atom. The summed E-state index contributed by atoms with van der Waals surface area (Å²) in [6.45, 7) is 2.51. The zero-order chi connectivity index (χ0) is 14.5. The van der Waals surface area contributed by atoms with Crippen LogP contribution in [0, 0.1) is 5.82 Å². The van der Waals surface area contributed by atoms with Crippen LogP contribution < -0.4 is 10.6 Å². The van der Waals surface area contributed by atoms with Crippen LogP contribution >= 0.6 is 0 Å². The highest BCUT2D eigenvalue weighted by molar-refractivity contribution is 5.76. The van der Waals surface area contributed by atoms with Crippen molar-refractivity contribution in [3.63, 3.8) is 0 Å². The third-order valence-corrected chi connectivity index (χ3v) is 3.42. The molecule has 1 aromatic rings. The van der Waals surface area contributed by atoms with E-state index >= 15 is 0 Å². The number of phenolic OH excluding ortho intramolecular Hbond substituents is 1. The number of rotatable bonds is 7. The van der Waals surface area contributed by atoms with Gasteiger partial charge in [-0.15, -0.1) is 0 Å². The fraction of sp³-hybridized carbons (Fsp3) is 0.533. The van der Waals surface area contributed by atoms with Gasteiger partial charge >= 0.3 is 0 Å². The van der Waals surface area contributed by atoms with Crippen molar-refractivity contribution in [3.8, 4) is 5.75 Å². The van der Waals surface area contributed by atoms with Gasteiger partial charge in [0.25, 0.3) is 0 Å². The quantitative estimate of drug-likeness (QED) is 0.671. The fourth-order valence-electron chi connectivity index (χ4n) is 2.07. The predicted octanol–water partition coefficient (Wildman–Crippen LogP) is 2.24. The fourth-order valence-corrected chi connectivity index (χ4v) is 2.07. The van der Waals surface area contributed by atoms with Gasteiger partial charge in [0.2, 0.25) is 5.91 Å². The van der Waals surface area contributed by atoms with Gasteiger partial charge in [-0.1, -0.05) is 6.07 Å². The summed E-state index contributed by atoms with van der Waals surface area (Å²) < 4.78 is 13.6. The molecule has 1 unspecified atom stereocenters. The van der Waals surface area contributed by atoms with Crippen LogP contribution in [0.5, 0.6) is 5.75 Å². The van der Waals surface area contributed by atoms with Crippen molar-refractivity contribution < 1.29 is 14.3 Å². The first-order valence-electron chi connectivity index (χ1n) is 7.07. The van der Waals surface area contributed by atoms with E-state index in [-0.39, 0.29) is 17.7 Å². The number of phenols is 1. The molecule has 0 aliphatic heterocycles. The molecule has 20 heavy (non-hydrogen) atoms. The molecule has 0 spiro atoms. The summed E-state index contributed by atoms with van der Waals surface area (Å²) in [5, 5.41) is 15.3. The topological polar surface area (TPSA) is 61.4 Å². The molecule has 110 valence electrons. The van der Waals surface area contributed by atoms with Crippen molar-refractivity contribution in [2.45, 2.75) is 44.7 Å². The van der Waals surface area contributed by atoms with Gasteiger partial charge in [0, 0.05) is 30.1 Å². The number of hydrogen-bond donors (Lipinski definition) is 3. The maximum atomic E-state index is 13.6. The Labute approximate surface area is 118 Å². The highest BCUT2D eigenvalue weighted by atomic mass is 19.1. The van der Waals surface area contributed by atoms with Crippen LogP contribution in [0.1, 0.15) is 44.2 Å². The Morgan fingerprint density at radius 3 is 2.90 bits per heavy atom. The monoisotopic (exact) mass is 280 g/mol. The summed E-state index contributed by atoms with van der Waals surface area (Å²) in [5.41, 5.74) is 0.519. The molecule has 0 bridgehead atoms. The molecule has 1 amide bonds. The molecule has 4 nitrogen and oxygen atoms in total. The van der Waals surface area contributed by atoms with E-state index in [4.69, 9.17) is 5.11 Å². The van der Waals surface area contributed by atoms with E-state index in [0.29, 0.717) is 24.6 Å². The molecule has 3 N–H and O–H groups in total. The molecule has 0 aromatic heterocycles. The number of halogens is 1. The van der Waals surface area contributed by atoms with Crippen molar-refractivity contribution in [3.05, 3.63) is 29.6 Å². The molecule has 0 saturated heterocycles. The zero-order valence-corrected chi connectivity index (χ0v) is 11.7. The molecule has 1 aromatic carbocycles. The third-order valence-electron chi connectivity index (χ3n) is 3.42. The third kappa shape index (κ3) is 4.49. The smallest absolute Gasteiger partial charge is 0.220 e. The summed E-state index contributed by atoms with van der Waals surface area (Å²) in [4.78, 5) is 11.5. The minimum atomic E-state index is -0.420. The van der Waals surface area contributed by atoms with Crippen molar-refractivity contribution in [1.29, 1.82) is 0 Å². The summed E-state index contributed by atoms with van der Waals surface area (Å²) in [7, 11) is 0. The molecule has 1 aliphatic rings. The minimum absolute atomic E-state index is 0.0739. The molecule has 1 atom stereocenters. The second kappa shape index (κ2) is 6.70. The Morgan fingerprint density at radius 1 is 1.50 bits per heavy atom. The van der Waals surface area contributed by atoms with Crippen LogP contribution in [0.2, 0.25) is 0 Å². The zero-order valence-electron chi connectivity index (χ0n) is 11.7. The number of aromatic hydroxyl groups is 1. The highest BCUT2D eigenvalue weighted by Crippen LogP contribution is 2.21. The predicted molar refractivity (Wildman–Crippen MR) is 74.9 cm³/mol. The van der Waals surface area contributed by atoms with E-state index < -0.39 is 5.82 Å². The first-order chi connectivity index (χ1) is 9.56. The lowest BCUT2D eigenvalue weighted by atomic mass is 10.1. The lowest BCUT2D eigenvalue weighted by Gasteiger charge is -2.15. The van der Waals surface area contributed by atoms with Gasteiger partial charge < -0.3 is 15.7 Å². The molecule has 1 aliphatic carbocycles. The Balaban J connectivity index is 1.68. The summed E-state index contributed by atoms with van der Waals surface area (Å²) in [6.07, 6.45) is 3.42. The second-order valence-electron chi connectivity index (χ2n) is 5.33. The lowest BCUT2D eigenvalue weighted by molar-refractivity contribution is -0.121. The van der Waals surface area contributed by atoms with E-state index in [1.807, 2.05) is 6.92 Å². The van der Waals surface area contributed by atoms with E-state index in [9.17, 15) is 9.18 Å². The van der Waals surface area contributed by atoms with Gasteiger partial charge in [-0.2, -0.15) is 0 Å². The molecule has 0 heterocycles. The molecular weight excluding hydrogens is 259 g/mol. The molecule has 1 saturated carbocycles. The second-order valence-corrected chi connectivity index (χ2v) is 5.33. The van der Waals surface area contributed by atoms with Crippen molar-refractivity contribution in [1.82, 2.24) is 10.6 Å². The van der Waals surface area contributed by atoms with Crippen LogP contribution in [-0.4, -0.2) is 23.6 Å². The SMILES string of the molecule is CC(NCCCC(=O)NC1CC1)c1ccc(O)cc1F. The number of carbonyl (C=O) groups is 1. The van der Waals surface area contributed by atoms with Crippen LogP contribution in [0.4, 0.5) is 4.39 Å². The highest BCUT2D eigenvalue weighted by Gasteiger charge is 2.22. The largest absolute Gasteiger partial charge is 0.508 e. The molecule has 0 radical (unpaired) electrons. The average molecular weight is 280 g/mol. The van der Waals surface area contributed by atoms with Crippen molar-refractivity contribution in [2.24, 2.45) is 0 Å². The molecule has 2 rings (SSSR count). The first-order valence-corrected chi connectivity index (χ1v) is 7.07. The minimum Gasteiger partial charge on any atom is -0.508 e. The van der Waals surface area contributed by atoms with Crippen molar-refractivity contribution >= 4 is 5.91 Å². The Kier molecular flexibility index (Phi) is 4.95. The standard InChI is InChI=1S/C15H21FN2O2/c1-10(13-7-6-12(19)9-14(13)16)17-8-2-3-15(20)18-11-4-5-11/h6-7,9-11,17,19H,2-5,8H2,1H3,(H,18,20). The van der Waals surface area contributed by atoms with E-state index in [1.54, 1.807) is 6.07 Å². The van der Waals surface area contributed by atoms with Gasteiger partial charge in [0.15, 0.2) is 0 Å². The molecule has 1 fully saturated rings. The van der Waals surface area contributed by atoms with Crippen molar-refractivity contribution in [2.75, 3.05) is 6.54 Å². The maximum Gasteiger partial charge on any atom is 0.220 e. The van der Waals surface area contributed by atoms with Crippen LogP contribution in [0.15, 0.2) is 18.2 Å². The number of carbonyl (C=O) groups excluding carboxylic acids is 1. The number of benzene rings is 1. The maximum absolute atomic E-state index is 13.6. The summed E-state index contributed by atoms with van der Waals surface area (Å²) in [6, 6.07) is 4.40. The van der Waals surface area contributed by atoms with Gasteiger partial charge in [-0.3, -0.25) is 4.79 Å². The van der Waals surface area contributed by atoms with E-state index in [0.717, 1.165) is 25.3 Å². The number of amides is 1. The van der Waals surface area contributed by atoms with Gasteiger partial charge in [-0.25, -0.2) is 4.39 Å². The molecule has 5 heteroatoms. The normalized spacial score (nSPS) is 15.9. The first kappa shape index (κ1) is 14.8. The Bertz CT molecular complexity index is 475. The summed E-state index contributed by atoms with van der Waals surface area (Å²) in [5.74, 6) is -0.399. The lowest BCUT2D eigenvalue weighted by Crippen LogP contribution is -2.27.